The highest BCUT2D eigenvalue weighted by Gasteiger charge is 2.10. The van der Waals surface area contributed by atoms with Gasteiger partial charge in [-0.15, -0.1) is 0 Å². The van der Waals surface area contributed by atoms with E-state index in [0.717, 1.165) is 19.6 Å². The summed E-state index contributed by atoms with van der Waals surface area (Å²) in [5.41, 5.74) is 12.1. The molecule has 0 unspecified atom stereocenters. The topological polar surface area (TPSA) is 64.5 Å². The van der Waals surface area contributed by atoms with E-state index in [9.17, 15) is 4.39 Å². The van der Waals surface area contributed by atoms with E-state index in [-0.39, 0.29) is 17.1 Å². The van der Waals surface area contributed by atoms with Crippen molar-refractivity contribution in [3.05, 3.63) is 52.6 Å². The number of ether oxygens (including phenoxy) is 1. The predicted octanol–water partition coefficient (Wildman–Crippen LogP) is 2.69. The quantitative estimate of drug-likeness (QED) is 0.623. The van der Waals surface area contributed by atoms with E-state index in [1.54, 1.807) is 0 Å². The molecule has 4 N–H and O–H groups in total. The van der Waals surface area contributed by atoms with Crippen LogP contribution in [-0.2, 0) is 4.74 Å². The molecule has 0 aliphatic carbocycles. The minimum Gasteiger partial charge on any atom is -0.478 e. The highest BCUT2D eigenvalue weighted by Crippen LogP contribution is 2.19. The summed E-state index contributed by atoms with van der Waals surface area (Å²) in [6.07, 6.45) is 5.53. The van der Waals surface area contributed by atoms with E-state index in [2.05, 4.69) is 4.90 Å². The first-order valence-corrected chi connectivity index (χ1v) is 7.67. The van der Waals surface area contributed by atoms with Crippen LogP contribution in [0.2, 0.25) is 5.02 Å². The SMILES string of the molecule is N/C(=C\C=C(/N)OCCN1CCCC1)c1cc(Cl)ccc1F. The van der Waals surface area contributed by atoms with Crippen LogP contribution in [-0.4, -0.2) is 31.1 Å². The lowest BCUT2D eigenvalue weighted by atomic mass is 10.1. The zero-order valence-corrected chi connectivity index (χ0v) is 13.2. The molecule has 0 amide bonds. The Kier molecular flexibility index (Phi) is 6.10. The molecule has 1 fully saturated rings. The fourth-order valence-corrected chi connectivity index (χ4v) is 2.50. The van der Waals surface area contributed by atoms with Crippen molar-refractivity contribution in [3.63, 3.8) is 0 Å². The molecule has 4 nitrogen and oxygen atoms in total. The van der Waals surface area contributed by atoms with Crippen LogP contribution in [0, 0.1) is 5.82 Å². The van der Waals surface area contributed by atoms with E-state index in [0.29, 0.717) is 11.6 Å². The van der Waals surface area contributed by atoms with E-state index in [1.807, 2.05) is 0 Å². The molecule has 1 aromatic rings. The van der Waals surface area contributed by atoms with Crippen molar-refractivity contribution < 1.29 is 9.13 Å². The lowest BCUT2D eigenvalue weighted by Crippen LogP contribution is -2.24. The molecule has 1 aliphatic heterocycles. The normalized spacial score (nSPS) is 17.0. The molecular weight excluding hydrogens is 305 g/mol. The molecule has 22 heavy (non-hydrogen) atoms. The summed E-state index contributed by atoms with van der Waals surface area (Å²) in [6.45, 7) is 3.63. The van der Waals surface area contributed by atoms with Crippen molar-refractivity contribution in [2.45, 2.75) is 12.8 Å². The molecule has 1 aliphatic rings. The summed E-state index contributed by atoms with van der Waals surface area (Å²) in [5, 5.41) is 0.423. The second-order valence-corrected chi connectivity index (χ2v) is 5.65. The second-order valence-electron chi connectivity index (χ2n) is 5.21. The van der Waals surface area contributed by atoms with Crippen LogP contribution in [0.4, 0.5) is 4.39 Å². The Hall–Kier alpha value is -1.72. The second kappa shape index (κ2) is 8.06. The predicted molar refractivity (Wildman–Crippen MR) is 87.5 cm³/mol. The van der Waals surface area contributed by atoms with Crippen molar-refractivity contribution in [2.75, 3.05) is 26.2 Å². The largest absolute Gasteiger partial charge is 0.478 e. The van der Waals surface area contributed by atoms with Crippen molar-refractivity contribution in [2.24, 2.45) is 11.5 Å². The summed E-state index contributed by atoms with van der Waals surface area (Å²) in [6, 6.07) is 4.22. The van der Waals surface area contributed by atoms with E-state index in [1.165, 1.54) is 43.2 Å². The monoisotopic (exact) mass is 325 g/mol. The van der Waals surface area contributed by atoms with Gasteiger partial charge in [-0.3, -0.25) is 4.90 Å². The number of hydrogen-bond donors (Lipinski definition) is 2. The maximum absolute atomic E-state index is 13.7. The number of allylic oxidation sites excluding steroid dienone is 2. The maximum atomic E-state index is 13.7. The molecule has 6 heteroatoms. The lowest BCUT2D eigenvalue weighted by Gasteiger charge is -2.14. The molecule has 0 bridgehead atoms. The summed E-state index contributed by atoms with van der Waals surface area (Å²) in [5.74, 6) is -0.176. The minimum absolute atomic E-state index is 0.242. The van der Waals surface area contributed by atoms with Crippen molar-refractivity contribution in [1.82, 2.24) is 4.90 Å². The van der Waals surface area contributed by atoms with E-state index >= 15 is 0 Å². The van der Waals surface area contributed by atoms with Crippen LogP contribution in [0.1, 0.15) is 18.4 Å². The Morgan fingerprint density at radius 2 is 2.00 bits per heavy atom. The van der Waals surface area contributed by atoms with E-state index < -0.39 is 5.82 Å². The number of benzene rings is 1. The Bertz CT molecular complexity index is 569. The smallest absolute Gasteiger partial charge is 0.184 e. The van der Waals surface area contributed by atoms with Crippen LogP contribution in [0.25, 0.3) is 5.70 Å². The molecule has 2 rings (SSSR count). The highest BCUT2D eigenvalue weighted by molar-refractivity contribution is 6.30. The average molecular weight is 326 g/mol. The number of nitrogens with two attached hydrogens (primary N) is 2. The first-order chi connectivity index (χ1) is 10.6. The van der Waals surface area contributed by atoms with Gasteiger partial charge >= 0.3 is 0 Å². The van der Waals surface area contributed by atoms with Crippen molar-refractivity contribution in [3.8, 4) is 0 Å². The van der Waals surface area contributed by atoms with Crippen molar-refractivity contribution >= 4 is 17.3 Å². The molecule has 0 atom stereocenters. The number of likely N-dealkylation sites (tertiary alicyclic amines) is 1. The third-order valence-corrected chi connectivity index (χ3v) is 3.78. The zero-order valence-electron chi connectivity index (χ0n) is 12.4. The molecule has 0 spiro atoms. The molecular formula is C16H21ClFN3O. The van der Waals surface area contributed by atoms with Crippen LogP contribution in [0.3, 0.4) is 0 Å². The number of rotatable bonds is 6. The van der Waals surface area contributed by atoms with Gasteiger partial charge in [0, 0.05) is 22.8 Å². The van der Waals surface area contributed by atoms with Crippen molar-refractivity contribution in [1.29, 1.82) is 0 Å². The summed E-state index contributed by atoms with van der Waals surface area (Å²) < 4.78 is 19.1. The Labute approximate surface area is 135 Å². The van der Waals surface area contributed by atoms with Gasteiger partial charge in [0.25, 0.3) is 0 Å². The van der Waals surface area contributed by atoms with Gasteiger partial charge in [0.05, 0.1) is 0 Å². The Balaban J connectivity index is 1.88. The summed E-state index contributed by atoms with van der Waals surface area (Å²) >= 11 is 5.84. The molecule has 0 saturated carbocycles. The maximum Gasteiger partial charge on any atom is 0.184 e. The molecule has 120 valence electrons. The first-order valence-electron chi connectivity index (χ1n) is 7.30. The Morgan fingerprint density at radius 1 is 1.27 bits per heavy atom. The molecule has 1 saturated heterocycles. The Morgan fingerprint density at radius 3 is 2.73 bits per heavy atom. The third-order valence-electron chi connectivity index (χ3n) is 3.54. The standard InChI is InChI=1S/C16H21ClFN3O/c17-12-3-4-14(18)13(11-12)15(19)5-6-16(20)22-10-9-21-7-1-2-8-21/h3-6,11H,1-2,7-10,19-20H2/b15-5-,16-6+. The first kappa shape index (κ1) is 16.6. The van der Waals surface area contributed by atoms with E-state index in [4.69, 9.17) is 27.8 Å². The van der Waals surface area contributed by atoms with Gasteiger partial charge in [-0.25, -0.2) is 4.39 Å². The third kappa shape index (κ3) is 4.93. The minimum atomic E-state index is -0.430. The molecule has 0 aromatic heterocycles. The van der Waals surface area contributed by atoms with Gasteiger partial charge in [0.15, 0.2) is 5.88 Å². The van der Waals surface area contributed by atoms with Gasteiger partial charge in [0.1, 0.15) is 12.4 Å². The van der Waals surface area contributed by atoms with Crippen LogP contribution >= 0.6 is 11.6 Å². The van der Waals surface area contributed by atoms with Gasteiger partial charge in [-0.1, -0.05) is 11.6 Å². The van der Waals surface area contributed by atoms with Crippen LogP contribution < -0.4 is 11.5 Å². The number of hydrogen-bond acceptors (Lipinski definition) is 4. The van der Waals surface area contributed by atoms with Gasteiger partial charge in [-0.2, -0.15) is 0 Å². The van der Waals surface area contributed by atoms with Gasteiger partial charge < -0.3 is 16.2 Å². The summed E-state index contributed by atoms with van der Waals surface area (Å²) in [7, 11) is 0. The van der Waals surface area contributed by atoms with Crippen LogP contribution in [0.15, 0.2) is 36.2 Å². The summed E-state index contributed by atoms with van der Waals surface area (Å²) in [4.78, 5) is 2.33. The molecule has 1 aromatic carbocycles. The zero-order chi connectivity index (χ0) is 15.9. The lowest BCUT2D eigenvalue weighted by molar-refractivity contribution is 0.169. The molecule has 0 radical (unpaired) electrons. The highest BCUT2D eigenvalue weighted by atomic mass is 35.5. The number of nitrogens with zero attached hydrogens (tertiary/aromatic N) is 1. The fourth-order valence-electron chi connectivity index (χ4n) is 2.33. The fraction of sp³-hybridized carbons (Fsp3) is 0.375. The average Bonchev–Trinajstić information content (AvgIpc) is 3.00. The van der Waals surface area contributed by atoms with Crippen LogP contribution in [0.5, 0.6) is 0 Å². The van der Waals surface area contributed by atoms with Gasteiger partial charge in [0.2, 0.25) is 0 Å². The molecule has 1 heterocycles. The number of halogens is 2. The van der Waals surface area contributed by atoms with Gasteiger partial charge in [-0.05, 0) is 56.3 Å².